The molecular weight excluding hydrogens is 308 g/mol. The maximum absolute atomic E-state index is 12.3. The van der Waals surface area contributed by atoms with Crippen molar-refractivity contribution in [3.05, 3.63) is 64.7 Å². The van der Waals surface area contributed by atoms with E-state index >= 15 is 0 Å². The Balaban J connectivity index is 1.60. The van der Waals surface area contributed by atoms with Crippen molar-refractivity contribution in [3.63, 3.8) is 0 Å². The van der Waals surface area contributed by atoms with E-state index in [1.54, 1.807) is 0 Å². The molecule has 0 fully saturated rings. The van der Waals surface area contributed by atoms with E-state index < -0.39 is 0 Å². The molecule has 0 heterocycles. The van der Waals surface area contributed by atoms with Crippen LogP contribution in [0.2, 0.25) is 0 Å². The van der Waals surface area contributed by atoms with E-state index in [0.717, 1.165) is 24.1 Å². The van der Waals surface area contributed by atoms with Crippen LogP contribution in [0.5, 0.6) is 0 Å². The van der Waals surface area contributed by atoms with Gasteiger partial charge < -0.3 is 10.6 Å². The Morgan fingerprint density at radius 2 is 1.68 bits per heavy atom. The van der Waals surface area contributed by atoms with Gasteiger partial charge in [-0.3, -0.25) is 0 Å². The topological polar surface area (TPSA) is 41.1 Å². The van der Waals surface area contributed by atoms with Gasteiger partial charge in [0.1, 0.15) is 0 Å². The minimum absolute atomic E-state index is 0.0385. The van der Waals surface area contributed by atoms with Gasteiger partial charge in [0, 0.05) is 5.69 Å². The van der Waals surface area contributed by atoms with Crippen molar-refractivity contribution in [1.29, 1.82) is 0 Å². The number of nitrogens with one attached hydrogen (secondary N) is 2. The van der Waals surface area contributed by atoms with Crippen molar-refractivity contribution in [2.24, 2.45) is 0 Å². The third-order valence-corrected chi connectivity index (χ3v) is 4.98. The molecule has 0 aliphatic heterocycles. The normalized spacial score (nSPS) is 14.7. The standard InChI is InChI=1S/C22H28N2O/c1-15(16-8-11-19(12-9-16)22(2,3)4)23-21(25)24-20-13-10-17-6-5-7-18(17)14-20/h8-15H,5-7H2,1-4H3,(H2,23,24,25). The lowest BCUT2D eigenvalue weighted by Gasteiger charge is -2.21. The molecule has 0 aromatic heterocycles. The number of anilines is 1. The van der Waals surface area contributed by atoms with E-state index in [1.807, 2.05) is 13.0 Å². The highest BCUT2D eigenvalue weighted by atomic mass is 16.2. The van der Waals surface area contributed by atoms with Crippen LogP contribution < -0.4 is 10.6 Å². The highest BCUT2D eigenvalue weighted by molar-refractivity contribution is 5.89. The first-order valence-electron chi connectivity index (χ1n) is 9.13. The molecule has 25 heavy (non-hydrogen) atoms. The monoisotopic (exact) mass is 336 g/mol. The van der Waals surface area contributed by atoms with Crippen molar-refractivity contribution >= 4 is 11.7 Å². The minimum Gasteiger partial charge on any atom is -0.331 e. The molecule has 2 aromatic carbocycles. The summed E-state index contributed by atoms with van der Waals surface area (Å²) in [4.78, 5) is 12.3. The van der Waals surface area contributed by atoms with E-state index in [9.17, 15) is 4.79 Å². The number of hydrogen-bond acceptors (Lipinski definition) is 1. The molecule has 3 nitrogen and oxygen atoms in total. The van der Waals surface area contributed by atoms with Crippen molar-refractivity contribution in [1.82, 2.24) is 5.32 Å². The molecule has 2 N–H and O–H groups in total. The fourth-order valence-electron chi connectivity index (χ4n) is 3.37. The second-order valence-corrected chi connectivity index (χ2v) is 8.03. The number of benzene rings is 2. The Kier molecular flexibility index (Phi) is 4.85. The van der Waals surface area contributed by atoms with Crippen LogP contribution >= 0.6 is 0 Å². The molecule has 2 amide bonds. The first kappa shape index (κ1) is 17.5. The van der Waals surface area contributed by atoms with E-state index in [0.29, 0.717) is 0 Å². The van der Waals surface area contributed by atoms with Gasteiger partial charge >= 0.3 is 6.03 Å². The Bertz CT molecular complexity index is 757. The van der Waals surface area contributed by atoms with Crippen LogP contribution in [-0.4, -0.2) is 6.03 Å². The number of carbonyl (C=O) groups excluding carboxylic acids is 1. The SMILES string of the molecule is CC(NC(=O)Nc1ccc2c(c1)CCC2)c1ccc(C(C)(C)C)cc1. The molecule has 1 aliphatic carbocycles. The van der Waals surface area contributed by atoms with E-state index in [-0.39, 0.29) is 17.5 Å². The molecule has 0 saturated carbocycles. The molecule has 1 aliphatic rings. The lowest BCUT2D eigenvalue weighted by molar-refractivity contribution is 0.249. The van der Waals surface area contributed by atoms with Crippen molar-refractivity contribution in [2.75, 3.05) is 5.32 Å². The number of fused-ring (bicyclic) bond motifs is 1. The van der Waals surface area contributed by atoms with Gasteiger partial charge in [0.2, 0.25) is 0 Å². The zero-order valence-electron chi connectivity index (χ0n) is 15.6. The summed E-state index contributed by atoms with van der Waals surface area (Å²) in [6, 6.07) is 14.5. The fraction of sp³-hybridized carbons (Fsp3) is 0.409. The zero-order valence-corrected chi connectivity index (χ0v) is 15.6. The largest absolute Gasteiger partial charge is 0.331 e. The Morgan fingerprint density at radius 3 is 2.36 bits per heavy atom. The molecular formula is C22H28N2O. The number of urea groups is 1. The maximum Gasteiger partial charge on any atom is 0.319 e. The highest BCUT2D eigenvalue weighted by Gasteiger charge is 2.16. The summed E-state index contributed by atoms with van der Waals surface area (Å²) in [5.74, 6) is 0. The second kappa shape index (κ2) is 6.91. The van der Waals surface area contributed by atoms with Gasteiger partial charge in [-0.25, -0.2) is 4.79 Å². The number of aryl methyl sites for hydroxylation is 2. The second-order valence-electron chi connectivity index (χ2n) is 8.03. The lowest BCUT2D eigenvalue weighted by atomic mass is 9.86. The first-order chi connectivity index (χ1) is 11.8. The van der Waals surface area contributed by atoms with Crippen LogP contribution in [0.4, 0.5) is 10.5 Å². The maximum atomic E-state index is 12.3. The Hall–Kier alpha value is -2.29. The summed E-state index contributed by atoms with van der Waals surface area (Å²) in [5, 5.41) is 5.98. The third kappa shape index (κ3) is 4.22. The summed E-state index contributed by atoms with van der Waals surface area (Å²) in [7, 11) is 0. The average Bonchev–Trinajstić information content (AvgIpc) is 3.01. The smallest absolute Gasteiger partial charge is 0.319 e. The number of carbonyl (C=O) groups is 1. The summed E-state index contributed by atoms with van der Waals surface area (Å²) in [6.07, 6.45) is 3.49. The van der Waals surface area contributed by atoms with Crippen LogP contribution in [0.25, 0.3) is 0 Å². The molecule has 0 radical (unpaired) electrons. The average molecular weight is 336 g/mol. The Morgan fingerprint density at radius 1 is 1.00 bits per heavy atom. The fourth-order valence-corrected chi connectivity index (χ4v) is 3.37. The molecule has 0 bridgehead atoms. The predicted molar refractivity (Wildman–Crippen MR) is 104 cm³/mol. The third-order valence-electron chi connectivity index (χ3n) is 4.98. The number of rotatable bonds is 3. The van der Waals surface area contributed by atoms with Gasteiger partial charge in [0.15, 0.2) is 0 Å². The molecule has 0 spiro atoms. The van der Waals surface area contributed by atoms with E-state index in [4.69, 9.17) is 0 Å². The van der Waals surface area contributed by atoms with Crippen molar-refractivity contribution < 1.29 is 4.79 Å². The van der Waals surface area contributed by atoms with Crippen LogP contribution in [0.1, 0.15) is 62.4 Å². The molecule has 2 aromatic rings. The summed E-state index contributed by atoms with van der Waals surface area (Å²) in [5.41, 5.74) is 6.19. The van der Waals surface area contributed by atoms with Gasteiger partial charge in [-0.2, -0.15) is 0 Å². The first-order valence-corrected chi connectivity index (χ1v) is 9.13. The van der Waals surface area contributed by atoms with E-state index in [1.165, 1.54) is 23.1 Å². The molecule has 1 unspecified atom stereocenters. The summed E-state index contributed by atoms with van der Waals surface area (Å²) in [6.45, 7) is 8.61. The van der Waals surface area contributed by atoms with Gasteiger partial charge in [-0.05, 0) is 66.0 Å². The van der Waals surface area contributed by atoms with Gasteiger partial charge in [-0.1, -0.05) is 51.1 Å². The van der Waals surface area contributed by atoms with Crippen LogP contribution in [0.3, 0.4) is 0 Å². The van der Waals surface area contributed by atoms with Crippen LogP contribution in [0, 0.1) is 0 Å². The quantitative estimate of drug-likeness (QED) is 0.779. The van der Waals surface area contributed by atoms with Crippen molar-refractivity contribution in [3.8, 4) is 0 Å². The minimum atomic E-state index is -0.162. The number of amides is 2. The van der Waals surface area contributed by atoms with Gasteiger partial charge in [-0.15, -0.1) is 0 Å². The summed E-state index contributed by atoms with van der Waals surface area (Å²) < 4.78 is 0. The van der Waals surface area contributed by atoms with Gasteiger partial charge in [0.25, 0.3) is 0 Å². The molecule has 3 heteroatoms. The lowest BCUT2D eigenvalue weighted by Crippen LogP contribution is -2.31. The molecule has 0 saturated heterocycles. The molecule has 132 valence electrons. The van der Waals surface area contributed by atoms with Crippen LogP contribution in [-0.2, 0) is 18.3 Å². The highest BCUT2D eigenvalue weighted by Crippen LogP contribution is 2.26. The molecule has 3 rings (SSSR count). The predicted octanol–water partition coefficient (Wildman–Crippen LogP) is 5.36. The van der Waals surface area contributed by atoms with E-state index in [2.05, 4.69) is 67.8 Å². The number of hydrogen-bond donors (Lipinski definition) is 2. The van der Waals surface area contributed by atoms with Gasteiger partial charge in [0.05, 0.1) is 6.04 Å². The Labute approximate surface area is 150 Å². The van der Waals surface area contributed by atoms with Crippen LogP contribution in [0.15, 0.2) is 42.5 Å². The summed E-state index contributed by atoms with van der Waals surface area (Å²) >= 11 is 0. The zero-order chi connectivity index (χ0) is 18.0. The molecule has 1 atom stereocenters. The van der Waals surface area contributed by atoms with Crippen molar-refractivity contribution in [2.45, 2.75) is 58.4 Å².